The third kappa shape index (κ3) is 4.71. The molecular weight excluding hydrogens is 404 g/mol. The number of halogens is 2. The second-order valence-electron chi connectivity index (χ2n) is 4.79. The van der Waals surface area contributed by atoms with E-state index in [1.807, 2.05) is 6.92 Å². The monoisotopic (exact) mass is 420 g/mol. The topological polar surface area (TPSA) is 69.6 Å². The molecule has 0 aromatic heterocycles. The van der Waals surface area contributed by atoms with Crippen LogP contribution in [0.3, 0.4) is 0 Å². The summed E-state index contributed by atoms with van der Waals surface area (Å²) in [4.78, 5) is 25.1. The summed E-state index contributed by atoms with van der Waals surface area (Å²) in [6.45, 7) is 4.01. The van der Waals surface area contributed by atoms with Crippen LogP contribution in [0, 0.1) is 0 Å². The molecule has 0 fully saturated rings. The maximum atomic E-state index is 12.2. The summed E-state index contributed by atoms with van der Waals surface area (Å²) in [5.41, 5.74) is 0.285. The molecule has 0 heterocycles. The van der Waals surface area contributed by atoms with Gasteiger partial charge in [0.1, 0.15) is 0 Å². The Hall–Kier alpha value is -1.08. The number of aromatic carboxylic acids is 1. The summed E-state index contributed by atoms with van der Waals surface area (Å²) >= 11 is 6.52. The zero-order valence-corrected chi connectivity index (χ0v) is 15.3. The number of amides is 2. The van der Waals surface area contributed by atoms with E-state index < -0.39 is 5.97 Å². The molecule has 0 aliphatic rings. The van der Waals surface area contributed by atoms with Gasteiger partial charge >= 0.3 is 12.0 Å². The van der Waals surface area contributed by atoms with Crippen LogP contribution in [0.4, 0.5) is 10.5 Å². The van der Waals surface area contributed by atoms with Crippen LogP contribution in [0.5, 0.6) is 0 Å². The lowest BCUT2D eigenvalue weighted by atomic mass is 10.1. The molecule has 1 rings (SSSR count). The Bertz CT molecular complexity index is 549. The number of nitrogens with zero attached hydrogens (tertiary/aromatic N) is 1. The number of nitrogens with one attached hydrogen (secondary N) is 1. The number of benzene rings is 1. The highest BCUT2D eigenvalue weighted by molar-refractivity contribution is 9.11. The van der Waals surface area contributed by atoms with Gasteiger partial charge < -0.3 is 15.3 Å². The first-order chi connectivity index (χ1) is 9.77. The number of hydrogen-bond acceptors (Lipinski definition) is 2. The van der Waals surface area contributed by atoms with E-state index in [9.17, 15) is 14.7 Å². The van der Waals surface area contributed by atoms with Gasteiger partial charge in [0.2, 0.25) is 0 Å². The molecule has 0 aliphatic carbocycles. The molecule has 0 saturated heterocycles. The Morgan fingerprint density at radius 3 is 2.52 bits per heavy atom. The van der Waals surface area contributed by atoms with Crippen LogP contribution in [0.1, 0.15) is 37.0 Å². The molecule has 7 heteroatoms. The SMILES string of the molecule is CCCC(C)N(C)C(=O)Nc1c(Br)cc(Br)cc1C(=O)O. The molecule has 1 unspecified atom stereocenters. The van der Waals surface area contributed by atoms with Crippen molar-refractivity contribution in [2.45, 2.75) is 32.7 Å². The lowest BCUT2D eigenvalue weighted by molar-refractivity contribution is 0.0698. The standard InChI is InChI=1S/C14H18Br2N2O3/c1-4-5-8(2)18(3)14(21)17-12-10(13(19)20)6-9(15)7-11(12)16/h6-8H,4-5H2,1-3H3,(H,17,21)(H,19,20). The van der Waals surface area contributed by atoms with Crippen molar-refractivity contribution in [1.29, 1.82) is 0 Å². The molecule has 0 spiro atoms. The summed E-state index contributed by atoms with van der Waals surface area (Å²) in [5, 5.41) is 11.9. The van der Waals surface area contributed by atoms with Crippen LogP contribution in [0.15, 0.2) is 21.1 Å². The number of carboxylic acids is 1. The van der Waals surface area contributed by atoms with E-state index in [1.165, 1.54) is 6.07 Å². The molecule has 5 nitrogen and oxygen atoms in total. The molecule has 1 atom stereocenters. The fraction of sp³-hybridized carbons (Fsp3) is 0.429. The van der Waals surface area contributed by atoms with Crippen molar-refractivity contribution >= 4 is 49.5 Å². The van der Waals surface area contributed by atoms with E-state index in [2.05, 4.69) is 44.1 Å². The highest BCUT2D eigenvalue weighted by Gasteiger charge is 2.20. The van der Waals surface area contributed by atoms with Gasteiger partial charge in [-0.1, -0.05) is 29.3 Å². The van der Waals surface area contributed by atoms with Crippen molar-refractivity contribution < 1.29 is 14.7 Å². The number of rotatable bonds is 5. The third-order valence-corrected chi connectivity index (χ3v) is 4.29. The number of anilines is 1. The van der Waals surface area contributed by atoms with Gasteiger partial charge in [-0.2, -0.15) is 0 Å². The van der Waals surface area contributed by atoms with Crippen molar-refractivity contribution in [3.05, 3.63) is 26.6 Å². The Labute approximate surface area is 141 Å². The molecule has 0 radical (unpaired) electrons. The van der Waals surface area contributed by atoms with Gasteiger partial charge in [-0.25, -0.2) is 9.59 Å². The molecule has 0 bridgehead atoms. The van der Waals surface area contributed by atoms with Crippen LogP contribution in [0.25, 0.3) is 0 Å². The number of hydrogen-bond donors (Lipinski definition) is 2. The fourth-order valence-electron chi connectivity index (χ4n) is 1.88. The van der Waals surface area contributed by atoms with Crippen molar-refractivity contribution in [2.24, 2.45) is 0 Å². The Morgan fingerprint density at radius 2 is 2.00 bits per heavy atom. The molecule has 116 valence electrons. The summed E-state index contributed by atoms with van der Waals surface area (Å²) in [7, 11) is 1.70. The summed E-state index contributed by atoms with van der Waals surface area (Å²) in [5.74, 6) is -1.10. The molecule has 1 aromatic carbocycles. The van der Waals surface area contributed by atoms with Crippen LogP contribution >= 0.6 is 31.9 Å². The zero-order valence-electron chi connectivity index (χ0n) is 12.1. The van der Waals surface area contributed by atoms with E-state index >= 15 is 0 Å². The minimum atomic E-state index is -1.10. The third-order valence-electron chi connectivity index (χ3n) is 3.21. The normalized spacial score (nSPS) is 11.9. The highest BCUT2D eigenvalue weighted by Crippen LogP contribution is 2.31. The number of carbonyl (C=O) groups excluding carboxylic acids is 1. The van der Waals surface area contributed by atoms with Gasteiger partial charge in [-0.05, 0) is 41.4 Å². The molecular formula is C14H18Br2N2O3. The Balaban J connectivity index is 3.02. The maximum absolute atomic E-state index is 12.2. The molecule has 2 amide bonds. The van der Waals surface area contributed by atoms with Crippen LogP contribution in [0.2, 0.25) is 0 Å². The first kappa shape index (κ1) is 18.0. The first-order valence-electron chi connectivity index (χ1n) is 6.54. The van der Waals surface area contributed by atoms with E-state index in [0.29, 0.717) is 8.95 Å². The van der Waals surface area contributed by atoms with E-state index in [0.717, 1.165) is 12.8 Å². The molecule has 2 N–H and O–H groups in total. The van der Waals surface area contributed by atoms with E-state index in [1.54, 1.807) is 18.0 Å². The number of carboxylic acid groups (broad SMARTS) is 1. The van der Waals surface area contributed by atoms with Gasteiger partial charge in [-0.3, -0.25) is 0 Å². The largest absolute Gasteiger partial charge is 0.478 e. The second kappa shape index (κ2) is 7.79. The average molecular weight is 422 g/mol. The van der Waals surface area contributed by atoms with E-state index in [-0.39, 0.29) is 23.3 Å². The van der Waals surface area contributed by atoms with Crippen molar-refractivity contribution in [3.63, 3.8) is 0 Å². The zero-order chi connectivity index (χ0) is 16.2. The van der Waals surface area contributed by atoms with Crippen molar-refractivity contribution in [2.75, 3.05) is 12.4 Å². The molecule has 21 heavy (non-hydrogen) atoms. The summed E-state index contributed by atoms with van der Waals surface area (Å²) in [6.07, 6.45) is 1.86. The van der Waals surface area contributed by atoms with Crippen LogP contribution in [-0.2, 0) is 0 Å². The second-order valence-corrected chi connectivity index (χ2v) is 6.56. The summed E-state index contributed by atoms with van der Waals surface area (Å²) < 4.78 is 1.14. The van der Waals surface area contributed by atoms with Gasteiger partial charge in [0.25, 0.3) is 0 Å². The first-order valence-corrected chi connectivity index (χ1v) is 8.12. The average Bonchev–Trinajstić information content (AvgIpc) is 2.40. The van der Waals surface area contributed by atoms with Gasteiger partial charge in [-0.15, -0.1) is 0 Å². The quantitative estimate of drug-likeness (QED) is 0.731. The van der Waals surface area contributed by atoms with Gasteiger partial charge in [0.05, 0.1) is 11.3 Å². The number of carbonyl (C=O) groups is 2. The predicted molar refractivity (Wildman–Crippen MR) is 90.0 cm³/mol. The van der Waals surface area contributed by atoms with Gasteiger partial charge in [0, 0.05) is 22.0 Å². The highest BCUT2D eigenvalue weighted by atomic mass is 79.9. The maximum Gasteiger partial charge on any atom is 0.337 e. The fourth-order valence-corrected chi connectivity index (χ4v) is 3.20. The summed E-state index contributed by atoms with van der Waals surface area (Å²) in [6, 6.07) is 2.90. The smallest absolute Gasteiger partial charge is 0.337 e. The molecule has 0 saturated carbocycles. The number of urea groups is 1. The van der Waals surface area contributed by atoms with Crippen molar-refractivity contribution in [3.8, 4) is 0 Å². The molecule has 0 aliphatic heterocycles. The van der Waals surface area contributed by atoms with Crippen LogP contribution < -0.4 is 5.32 Å². The van der Waals surface area contributed by atoms with Gasteiger partial charge in [0.15, 0.2) is 0 Å². The minimum absolute atomic E-state index is 0.0288. The Morgan fingerprint density at radius 1 is 1.38 bits per heavy atom. The minimum Gasteiger partial charge on any atom is -0.478 e. The predicted octanol–water partition coefficient (Wildman–Crippen LogP) is 4.56. The van der Waals surface area contributed by atoms with E-state index in [4.69, 9.17) is 0 Å². The molecule has 1 aromatic rings. The Kier molecular flexibility index (Phi) is 6.67. The van der Waals surface area contributed by atoms with Crippen molar-refractivity contribution in [1.82, 2.24) is 4.90 Å². The lowest BCUT2D eigenvalue weighted by Crippen LogP contribution is -2.38. The van der Waals surface area contributed by atoms with Crippen LogP contribution in [-0.4, -0.2) is 35.1 Å². The lowest BCUT2D eigenvalue weighted by Gasteiger charge is -2.25.